The molecule has 5 nitrogen and oxygen atoms in total. The third kappa shape index (κ3) is 3.32. The van der Waals surface area contributed by atoms with Crippen molar-refractivity contribution in [1.29, 1.82) is 5.26 Å². The van der Waals surface area contributed by atoms with Gasteiger partial charge in [-0.1, -0.05) is 13.8 Å². The maximum atomic E-state index is 12.5. The highest BCUT2D eigenvalue weighted by Gasteiger charge is 2.33. The molecule has 2 amide bonds. The van der Waals surface area contributed by atoms with E-state index in [0.29, 0.717) is 23.0 Å². The van der Waals surface area contributed by atoms with Crippen LogP contribution in [0.1, 0.15) is 32.1 Å². The number of likely N-dealkylation sites (N-methyl/N-ethyl adjacent to an activating group) is 1. The van der Waals surface area contributed by atoms with Crippen LogP contribution in [-0.2, 0) is 9.59 Å². The molecular weight excluding hydrogens is 346 g/mol. The van der Waals surface area contributed by atoms with Gasteiger partial charge in [-0.25, -0.2) is 0 Å². The van der Waals surface area contributed by atoms with Gasteiger partial charge in [0, 0.05) is 30.6 Å². The van der Waals surface area contributed by atoms with E-state index in [4.69, 9.17) is 0 Å². The average molecular weight is 369 g/mol. The number of anilines is 1. The minimum absolute atomic E-state index is 0.0359. The predicted molar refractivity (Wildman–Crippen MR) is 104 cm³/mol. The summed E-state index contributed by atoms with van der Waals surface area (Å²) >= 11 is 1.64. The summed E-state index contributed by atoms with van der Waals surface area (Å²) in [5.74, 6) is 0.452. The van der Waals surface area contributed by atoms with Crippen LogP contribution in [0, 0.1) is 23.2 Å². The lowest BCUT2D eigenvalue weighted by atomic mass is 9.92. The van der Waals surface area contributed by atoms with Crippen LogP contribution in [0.15, 0.2) is 28.9 Å². The number of rotatable bonds is 2. The molecule has 0 aliphatic carbocycles. The quantitative estimate of drug-likeness (QED) is 0.592. The van der Waals surface area contributed by atoms with Gasteiger partial charge in [0.25, 0.3) is 11.8 Å². The molecule has 2 aliphatic heterocycles. The highest BCUT2D eigenvalue weighted by molar-refractivity contribution is 7.17. The fraction of sp³-hybridized carbons (Fsp3) is 0.450. The number of imide groups is 1. The molecule has 1 aromatic rings. The molecular formula is C20H23N3O2S. The molecule has 2 unspecified atom stereocenters. The molecule has 1 saturated heterocycles. The Balaban J connectivity index is 1.92. The molecule has 1 fully saturated rings. The molecule has 1 aromatic heterocycles. The number of hydrogen-bond donors (Lipinski definition) is 0. The normalized spacial score (nSPS) is 25.9. The van der Waals surface area contributed by atoms with Crippen LogP contribution < -0.4 is 4.90 Å². The second-order valence-corrected chi connectivity index (χ2v) is 8.46. The standard InChI is InChI=1S/C20H23N3O2S/c1-12-7-13(2)11-23(10-12)18-6-5-15(26-18)8-16-14(3)17(9-21)20(25)22(4)19(16)24/h5-6,8,12-13H,7,10-11H2,1-4H3/b16-8+. The van der Waals surface area contributed by atoms with Gasteiger partial charge in [0.2, 0.25) is 0 Å². The van der Waals surface area contributed by atoms with E-state index in [9.17, 15) is 14.9 Å². The number of amides is 2. The highest BCUT2D eigenvalue weighted by Crippen LogP contribution is 2.34. The molecule has 136 valence electrons. The van der Waals surface area contributed by atoms with E-state index in [0.717, 1.165) is 22.9 Å². The van der Waals surface area contributed by atoms with Crippen molar-refractivity contribution in [2.75, 3.05) is 25.0 Å². The SMILES string of the molecule is CC1=C(C#N)C(=O)N(C)C(=O)/C1=C/c1ccc(N2CC(C)CC(C)C2)s1. The first kappa shape index (κ1) is 18.4. The Morgan fingerprint density at radius 3 is 2.46 bits per heavy atom. The Morgan fingerprint density at radius 1 is 1.19 bits per heavy atom. The first-order valence-electron chi connectivity index (χ1n) is 8.82. The van der Waals surface area contributed by atoms with E-state index >= 15 is 0 Å². The third-order valence-corrected chi connectivity index (χ3v) is 6.12. The zero-order valence-electron chi connectivity index (χ0n) is 15.6. The van der Waals surface area contributed by atoms with E-state index in [2.05, 4.69) is 24.8 Å². The number of nitriles is 1. The van der Waals surface area contributed by atoms with Crippen LogP contribution in [0.3, 0.4) is 0 Å². The van der Waals surface area contributed by atoms with Crippen molar-refractivity contribution in [1.82, 2.24) is 4.90 Å². The van der Waals surface area contributed by atoms with Gasteiger partial charge in [0.15, 0.2) is 0 Å². The topological polar surface area (TPSA) is 64.4 Å². The molecule has 6 heteroatoms. The van der Waals surface area contributed by atoms with Gasteiger partial charge in [-0.15, -0.1) is 11.3 Å². The van der Waals surface area contributed by atoms with Crippen molar-refractivity contribution in [3.63, 3.8) is 0 Å². The first-order valence-corrected chi connectivity index (χ1v) is 9.63. The number of hydrogen-bond acceptors (Lipinski definition) is 5. The fourth-order valence-corrected chi connectivity index (χ4v) is 4.74. The van der Waals surface area contributed by atoms with Crippen molar-refractivity contribution in [3.05, 3.63) is 33.7 Å². The number of nitrogens with zero attached hydrogens (tertiary/aromatic N) is 3. The number of piperidine rings is 1. The van der Waals surface area contributed by atoms with Crippen molar-refractivity contribution in [2.24, 2.45) is 11.8 Å². The predicted octanol–water partition coefficient (Wildman–Crippen LogP) is 3.45. The summed E-state index contributed by atoms with van der Waals surface area (Å²) in [7, 11) is 1.42. The molecule has 26 heavy (non-hydrogen) atoms. The lowest BCUT2D eigenvalue weighted by Crippen LogP contribution is -2.39. The van der Waals surface area contributed by atoms with E-state index in [-0.39, 0.29) is 11.5 Å². The Kier molecular flexibility index (Phi) is 5.01. The van der Waals surface area contributed by atoms with Crippen LogP contribution in [0.5, 0.6) is 0 Å². The fourth-order valence-electron chi connectivity index (χ4n) is 3.77. The van der Waals surface area contributed by atoms with Crippen LogP contribution in [0.2, 0.25) is 0 Å². The molecule has 0 spiro atoms. The Hall–Kier alpha value is -2.39. The van der Waals surface area contributed by atoms with Gasteiger partial charge in [-0.3, -0.25) is 14.5 Å². The average Bonchev–Trinajstić information content (AvgIpc) is 3.05. The number of carbonyl (C=O) groups is 2. The molecule has 3 rings (SSSR count). The zero-order valence-corrected chi connectivity index (χ0v) is 16.4. The summed E-state index contributed by atoms with van der Waals surface area (Å²) in [6, 6.07) is 6.02. The molecule has 0 radical (unpaired) electrons. The van der Waals surface area contributed by atoms with E-state index < -0.39 is 5.91 Å². The second kappa shape index (κ2) is 7.08. The van der Waals surface area contributed by atoms with Crippen LogP contribution >= 0.6 is 11.3 Å². The Morgan fingerprint density at radius 2 is 1.85 bits per heavy atom. The van der Waals surface area contributed by atoms with Gasteiger partial charge < -0.3 is 4.90 Å². The summed E-state index contributed by atoms with van der Waals surface area (Å²) < 4.78 is 0. The zero-order chi connectivity index (χ0) is 19.0. The van der Waals surface area contributed by atoms with Gasteiger partial charge in [-0.2, -0.15) is 5.26 Å². The minimum Gasteiger partial charge on any atom is -0.363 e. The van der Waals surface area contributed by atoms with Gasteiger partial charge in [-0.05, 0) is 49.0 Å². The molecule has 0 bridgehead atoms. The largest absolute Gasteiger partial charge is 0.363 e. The maximum Gasteiger partial charge on any atom is 0.271 e. The lowest BCUT2D eigenvalue weighted by Gasteiger charge is -2.35. The van der Waals surface area contributed by atoms with Gasteiger partial charge in [0.1, 0.15) is 11.6 Å². The molecule has 0 aromatic carbocycles. The smallest absolute Gasteiger partial charge is 0.271 e. The lowest BCUT2D eigenvalue weighted by molar-refractivity contribution is -0.138. The third-order valence-electron chi connectivity index (χ3n) is 5.02. The van der Waals surface area contributed by atoms with Crippen molar-refractivity contribution in [2.45, 2.75) is 27.2 Å². The van der Waals surface area contributed by atoms with Crippen LogP contribution in [-0.4, -0.2) is 36.9 Å². The highest BCUT2D eigenvalue weighted by atomic mass is 32.1. The van der Waals surface area contributed by atoms with E-state index in [1.807, 2.05) is 12.1 Å². The number of thiophene rings is 1. The summed E-state index contributed by atoms with van der Waals surface area (Å²) in [4.78, 5) is 28.9. The summed E-state index contributed by atoms with van der Waals surface area (Å²) in [6.45, 7) is 8.33. The van der Waals surface area contributed by atoms with Gasteiger partial charge >= 0.3 is 0 Å². The summed E-state index contributed by atoms with van der Waals surface area (Å²) in [5.41, 5.74) is 0.905. The molecule has 0 N–H and O–H groups in total. The molecule has 3 heterocycles. The monoisotopic (exact) mass is 369 g/mol. The van der Waals surface area contributed by atoms with E-state index in [1.54, 1.807) is 24.3 Å². The van der Waals surface area contributed by atoms with E-state index in [1.165, 1.54) is 18.5 Å². The summed E-state index contributed by atoms with van der Waals surface area (Å²) in [5, 5.41) is 10.4. The van der Waals surface area contributed by atoms with Crippen molar-refractivity contribution < 1.29 is 9.59 Å². The Bertz CT molecular complexity index is 849. The summed E-state index contributed by atoms with van der Waals surface area (Å²) in [6.07, 6.45) is 3.05. The van der Waals surface area contributed by atoms with Gasteiger partial charge in [0.05, 0.1) is 5.00 Å². The molecule has 2 aliphatic rings. The molecule has 2 atom stereocenters. The first-order chi connectivity index (χ1) is 12.3. The Labute approximate surface area is 158 Å². The molecule has 0 saturated carbocycles. The van der Waals surface area contributed by atoms with Crippen molar-refractivity contribution >= 4 is 34.2 Å². The number of carbonyl (C=O) groups excluding carboxylic acids is 2. The van der Waals surface area contributed by atoms with Crippen LogP contribution in [0.25, 0.3) is 6.08 Å². The maximum absolute atomic E-state index is 12.5. The van der Waals surface area contributed by atoms with Crippen molar-refractivity contribution in [3.8, 4) is 6.07 Å². The second-order valence-electron chi connectivity index (χ2n) is 7.37. The minimum atomic E-state index is -0.532. The van der Waals surface area contributed by atoms with Crippen LogP contribution in [0.4, 0.5) is 5.00 Å².